The maximum atomic E-state index is 11.7. The van der Waals surface area contributed by atoms with Gasteiger partial charge in [-0.3, -0.25) is 24.6 Å². The SMILES string of the molecule is O=C(NCCCN1CCOCC1)C(=O)N/N=C\c1cccc([N+](=O)[O-])c1. The Kier molecular flexibility index (Phi) is 7.65. The van der Waals surface area contributed by atoms with Crippen molar-refractivity contribution in [3.63, 3.8) is 0 Å². The van der Waals surface area contributed by atoms with Gasteiger partial charge >= 0.3 is 11.8 Å². The lowest BCUT2D eigenvalue weighted by atomic mass is 10.2. The van der Waals surface area contributed by atoms with Gasteiger partial charge in [0, 0.05) is 37.3 Å². The topological polar surface area (TPSA) is 126 Å². The van der Waals surface area contributed by atoms with E-state index in [0.29, 0.717) is 12.1 Å². The van der Waals surface area contributed by atoms with Gasteiger partial charge in [-0.2, -0.15) is 5.10 Å². The Labute approximate surface area is 150 Å². The van der Waals surface area contributed by atoms with E-state index < -0.39 is 16.7 Å². The average molecular weight is 363 g/mol. The molecule has 1 aliphatic rings. The highest BCUT2D eigenvalue weighted by Gasteiger charge is 2.13. The fourth-order valence-electron chi connectivity index (χ4n) is 2.34. The molecule has 1 fully saturated rings. The quantitative estimate of drug-likeness (QED) is 0.229. The van der Waals surface area contributed by atoms with Crippen LogP contribution in [0.2, 0.25) is 0 Å². The van der Waals surface area contributed by atoms with E-state index in [-0.39, 0.29) is 5.69 Å². The van der Waals surface area contributed by atoms with Crippen molar-refractivity contribution in [2.45, 2.75) is 6.42 Å². The van der Waals surface area contributed by atoms with E-state index in [1.165, 1.54) is 24.4 Å². The molecule has 0 aromatic heterocycles. The van der Waals surface area contributed by atoms with Gasteiger partial charge in [0.2, 0.25) is 0 Å². The number of ether oxygens (including phenoxy) is 1. The zero-order valence-corrected chi connectivity index (χ0v) is 14.2. The van der Waals surface area contributed by atoms with Crippen LogP contribution in [0.25, 0.3) is 0 Å². The molecular formula is C16H21N5O5. The third-order valence-electron chi connectivity index (χ3n) is 3.71. The lowest BCUT2D eigenvalue weighted by Gasteiger charge is -2.26. The van der Waals surface area contributed by atoms with E-state index in [1.54, 1.807) is 6.07 Å². The molecule has 10 heteroatoms. The number of hydrazone groups is 1. The van der Waals surface area contributed by atoms with Crippen molar-refractivity contribution in [3.8, 4) is 0 Å². The summed E-state index contributed by atoms with van der Waals surface area (Å²) in [6.45, 7) is 4.41. The predicted molar refractivity (Wildman–Crippen MR) is 93.7 cm³/mol. The number of nitro benzene ring substituents is 1. The third kappa shape index (κ3) is 6.57. The third-order valence-corrected chi connectivity index (χ3v) is 3.71. The summed E-state index contributed by atoms with van der Waals surface area (Å²) in [5, 5.41) is 16.8. The van der Waals surface area contributed by atoms with Crippen LogP contribution in [0.1, 0.15) is 12.0 Å². The Bertz CT molecular complexity index is 673. The molecule has 0 bridgehead atoms. The number of hydrogen-bond donors (Lipinski definition) is 2. The zero-order valence-electron chi connectivity index (χ0n) is 14.2. The second kappa shape index (κ2) is 10.2. The van der Waals surface area contributed by atoms with Gasteiger partial charge in [-0.05, 0) is 13.0 Å². The van der Waals surface area contributed by atoms with Crippen LogP contribution in [0.3, 0.4) is 0 Å². The van der Waals surface area contributed by atoms with Crippen molar-refractivity contribution in [3.05, 3.63) is 39.9 Å². The number of rotatable bonds is 7. The molecule has 1 heterocycles. The molecule has 0 radical (unpaired) electrons. The van der Waals surface area contributed by atoms with Crippen LogP contribution < -0.4 is 10.7 Å². The second-order valence-electron chi connectivity index (χ2n) is 5.61. The van der Waals surface area contributed by atoms with Crippen molar-refractivity contribution in [1.29, 1.82) is 0 Å². The number of nitro groups is 1. The minimum absolute atomic E-state index is 0.0849. The lowest BCUT2D eigenvalue weighted by Crippen LogP contribution is -2.40. The number of non-ortho nitro benzene ring substituents is 1. The number of nitrogens with zero attached hydrogens (tertiary/aromatic N) is 3. The predicted octanol–water partition coefficient (Wildman–Crippen LogP) is -0.117. The Morgan fingerprint density at radius 3 is 2.81 bits per heavy atom. The zero-order chi connectivity index (χ0) is 18.8. The maximum absolute atomic E-state index is 11.7. The van der Waals surface area contributed by atoms with E-state index in [2.05, 4.69) is 20.7 Å². The van der Waals surface area contributed by atoms with Crippen LogP contribution in [0.15, 0.2) is 29.4 Å². The van der Waals surface area contributed by atoms with Gasteiger partial charge in [-0.1, -0.05) is 12.1 Å². The summed E-state index contributed by atoms with van der Waals surface area (Å²) >= 11 is 0. The highest BCUT2D eigenvalue weighted by molar-refractivity contribution is 6.35. The Morgan fingerprint density at radius 1 is 1.31 bits per heavy atom. The molecule has 2 N–H and O–H groups in total. The van der Waals surface area contributed by atoms with Gasteiger partial charge in [0.15, 0.2) is 0 Å². The fourth-order valence-corrected chi connectivity index (χ4v) is 2.34. The van der Waals surface area contributed by atoms with E-state index in [9.17, 15) is 19.7 Å². The van der Waals surface area contributed by atoms with Crippen LogP contribution in [0, 0.1) is 10.1 Å². The molecule has 0 unspecified atom stereocenters. The monoisotopic (exact) mass is 363 g/mol. The van der Waals surface area contributed by atoms with Gasteiger partial charge in [-0.25, -0.2) is 5.43 Å². The van der Waals surface area contributed by atoms with E-state index in [0.717, 1.165) is 39.3 Å². The van der Waals surface area contributed by atoms with Crippen molar-refractivity contribution in [1.82, 2.24) is 15.6 Å². The largest absolute Gasteiger partial charge is 0.379 e. The summed E-state index contributed by atoms with van der Waals surface area (Å²) in [4.78, 5) is 35.7. The lowest BCUT2D eigenvalue weighted by molar-refractivity contribution is -0.384. The van der Waals surface area contributed by atoms with Gasteiger partial charge in [0.1, 0.15) is 0 Å². The van der Waals surface area contributed by atoms with Crippen molar-refractivity contribution in [2.75, 3.05) is 39.4 Å². The number of amides is 2. The highest BCUT2D eigenvalue weighted by Crippen LogP contribution is 2.11. The second-order valence-corrected chi connectivity index (χ2v) is 5.61. The summed E-state index contributed by atoms with van der Waals surface area (Å²) in [5.41, 5.74) is 2.44. The summed E-state index contributed by atoms with van der Waals surface area (Å²) in [5.74, 6) is -1.67. The van der Waals surface area contributed by atoms with Gasteiger partial charge in [0.25, 0.3) is 5.69 Å². The standard InChI is InChI=1S/C16H21N5O5/c22-15(17-5-2-6-20-7-9-26-10-8-20)16(23)19-18-12-13-3-1-4-14(11-13)21(24)25/h1,3-4,11-12H,2,5-10H2,(H,17,22)(H,19,23)/b18-12-. The molecule has 0 atom stereocenters. The molecule has 0 aliphatic carbocycles. The molecule has 1 aliphatic heterocycles. The molecule has 26 heavy (non-hydrogen) atoms. The van der Waals surface area contributed by atoms with Crippen molar-refractivity contribution >= 4 is 23.7 Å². The number of morpholine rings is 1. The van der Waals surface area contributed by atoms with Crippen LogP contribution in [-0.4, -0.2) is 67.2 Å². The minimum Gasteiger partial charge on any atom is -0.379 e. The van der Waals surface area contributed by atoms with Crippen molar-refractivity contribution < 1.29 is 19.2 Å². The number of hydrogen-bond acceptors (Lipinski definition) is 7. The number of nitrogens with one attached hydrogen (secondary N) is 2. The molecular weight excluding hydrogens is 342 g/mol. The Morgan fingerprint density at radius 2 is 2.08 bits per heavy atom. The molecule has 0 saturated carbocycles. The first-order valence-corrected chi connectivity index (χ1v) is 8.22. The first-order chi connectivity index (χ1) is 12.6. The van der Waals surface area contributed by atoms with Crippen LogP contribution >= 0.6 is 0 Å². The van der Waals surface area contributed by atoms with E-state index in [1.807, 2.05) is 0 Å². The molecule has 10 nitrogen and oxygen atoms in total. The Hall–Kier alpha value is -2.85. The molecule has 0 spiro atoms. The van der Waals surface area contributed by atoms with Crippen LogP contribution in [-0.2, 0) is 14.3 Å². The van der Waals surface area contributed by atoms with Gasteiger partial charge < -0.3 is 10.1 Å². The van der Waals surface area contributed by atoms with Crippen LogP contribution in [0.4, 0.5) is 5.69 Å². The summed E-state index contributed by atoms with van der Waals surface area (Å²) in [6, 6.07) is 5.75. The van der Waals surface area contributed by atoms with Gasteiger partial charge in [-0.15, -0.1) is 0 Å². The fraction of sp³-hybridized carbons (Fsp3) is 0.438. The number of carbonyl (C=O) groups excluding carboxylic acids is 2. The molecule has 1 aromatic rings. The van der Waals surface area contributed by atoms with Gasteiger partial charge in [0.05, 0.1) is 24.4 Å². The average Bonchev–Trinajstić information content (AvgIpc) is 2.66. The molecule has 140 valence electrons. The normalized spacial score (nSPS) is 14.9. The molecule has 2 rings (SSSR count). The van der Waals surface area contributed by atoms with Crippen LogP contribution in [0.5, 0.6) is 0 Å². The van der Waals surface area contributed by atoms with Crippen molar-refractivity contribution in [2.24, 2.45) is 5.10 Å². The molecule has 2 amide bonds. The first-order valence-electron chi connectivity index (χ1n) is 8.22. The maximum Gasteiger partial charge on any atom is 0.329 e. The number of benzene rings is 1. The first kappa shape index (κ1) is 19.5. The smallest absolute Gasteiger partial charge is 0.329 e. The summed E-state index contributed by atoms with van der Waals surface area (Å²) in [6.07, 6.45) is 1.96. The van der Waals surface area contributed by atoms with E-state index >= 15 is 0 Å². The number of carbonyl (C=O) groups is 2. The summed E-state index contributed by atoms with van der Waals surface area (Å²) in [7, 11) is 0. The summed E-state index contributed by atoms with van der Waals surface area (Å²) < 4.78 is 5.25. The molecule has 1 aromatic carbocycles. The molecule has 1 saturated heterocycles. The highest BCUT2D eigenvalue weighted by atomic mass is 16.6. The minimum atomic E-state index is -0.891. The van der Waals surface area contributed by atoms with E-state index in [4.69, 9.17) is 4.74 Å². The Balaban J connectivity index is 1.67.